The summed E-state index contributed by atoms with van der Waals surface area (Å²) in [5, 5.41) is 58.1. The van der Waals surface area contributed by atoms with Gasteiger partial charge < -0.3 is 39.8 Å². The lowest BCUT2D eigenvalue weighted by Crippen LogP contribution is -2.35. The van der Waals surface area contributed by atoms with E-state index in [1.807, 2.05) is 0 Å². The summed E-state index contributed by atoms with van der Waals surface area (Å²) in [6.07, 6.45) is 0. The fourth-order valence-electron chi connectivity index (χ4n) is 3.63. The number of hydrogen-bond acceptors (Lipinski definition) is 12. The summed E-state index contributed by atoms with van der Waals surface area (Å²) in [5.74, 6) is -8.51. The molecule has 0 saturated carbocycles. The van der Waals surface area contributed by atoms with Crippen molar-refractivity contribution in [3.8, 4) is 11.5 Å². The molecule has 1 heterocycles. The van der Waals surface area contributed by atoms with Crippen LogP contribution < -0.4 is 5.63 Å². The zero-order chi connectivity index (χ0) is 28.7. The number of carbonyl (C=O) groups is 5. The molecular weight excluding hydrogens is 516 g/mol. The van der Waals surface area contributed by atoms with Crippen LogP contribution in [-0.2, 0) is 37.0 Å². The fraction of sp³-hybridized carbons (Fsp3) is 0.364. The first-order valence-corrected chi connectivity index (χ1v) is 10.8. The van der Waals surface area contributed by atoms with Crippen LogP contribution in [0.3, 0.4) is 0 Å². The predicted octanol–water partition coefficient (Wildman–Crippen LogP) is -0.677. The van der Waals surface area contributed by atoms with E-state index >= 15 is 0 Å². The number of carbonyl (C=O) groups excluding carboxylic acids is 1. The van der Waals surface area contributed by atoms with Crippen LogP contribution in [0.1, 0.15) is 28.4 Å². The highest BCUT2D eigenvalue weighted by Crippen LogP contribution is 2.41. The van der Waals surface area contributed by atoms with Crippen molar-refractivity contribution in [3.63, 3.8) is 0 Å². The third kappa shape index (κ3) is 7.40. The number of phenolic OH excluding ortho intramolecular Hbond substituents is 2. The van der Waals surface area contributed by atoms with Crippen molar-refractivity contribution >= 4 is 40.8 Å². The molecule has 2 rings (SSSR count). The standard InChI is InChI=1S/C22H24N2O14/c1-2-37-21(35)11-3-10-18(33)12(4-23(6-14(25)26)7-15(27)28)19(34)13(20(10)38-22(11)36)5-24(8-16(29)30)9-17(31)32/h3,33-34H,2,4-9H2,1H3,(H,25,26)(H,27,28)(H,29,30)(H,31,32). The Hall–Kier alpha value is -4.70. The number of esters is 1. The smallest absolute Gasteiger partial charge is 0.351 e. The first kappa shape index (κ1) is 29.5. The number of ether oxygens (including phenoxy) is 1. The van der Waals surface area contributed by atoms with Gasteiger partial charge >= 0.3 is 35.5 Å². The van der Waals surface area contributed by atoms with Gasteiger partial charge in [-0.1, -0.05) is 0 Å². The lowest BCUT2D eigenvalue weighted by molar-refractivity contribution is -0.144. The van der Waals surface area contributed by atoms with Gasteiger partial charge in [0.05, 0.1) is 49.3 Å². The molecule has 0 radical (unpaired) electrons. The highest BCUT2D eigenvalue weighted by Gasteiger charge is 2.28. The van der Waals surface area contributed by atoms with Gasteiger partial charge in [0.2, 0.25) is 0 Å². The highest BCUT2D eigenvalue weighted by atomic mass is 16.5. The second kappa shape index (κ2) is 12.5. The summed E-state index contributed by atoms with van der Waals surface area (Å²) < 4.78 is 9.93. The molecule has 0 aliphatic carbocycles. The molecule has 0 unspecified atom stereocenters. The first-order chi connectivity index (χ1) is 17.7. The first-order valence-electron chi connectivity index (χ1n) is 10.8. The number of hydrogen-bond donors (Lipinski definition) is 6. The van der Waals surface area contributed by atoms with Gasteiger partial charge in [0.1, 0.15) is 22.6 Å². The zero-order valence-corrected chi connectivity index (χ0v) is 19.9. The average Bonchev–Trinajstić information content (AvgIpc) is 2.77. The number of carboxylic acid groups (broad SMARTS) is 4. The zero-order valence-electron chi connectivity index (χ0n) is 19.9. The molecule has 2 aromatic rings. The predicted molar refractivity (Wildman–Crippen MR) is 123 cm³/mol. The monoisotopic (exact) mass is 540 g/mol. The van der Waals surface area contributed by atoms with Crippen LogP contribution in [-0.4, -0.2) is 103 Å². The Labute approximate surface area is 212 Å². The van der Waals surface area contributed by atoms with Gasteiger partial charge in [-0.05, 0) is 13.0 Å². The number of fused-ring (bicyclic) bond motifs is 1. The largest absolute Gasteiger partial charge is 0.507 e. The van der Waals surface area contributed by atoms with Gasteiger partial charge in [-0.15, -0.1) is 0 Å². The average molecular weight is 540 g/mol. The maximum Gasteiger partial charge on any atom is 0.351 e. The minimum Gasteiger partial charge on any atom is -0.507 e. The Morgan fingerprint density at radius 3 is 1.66 bits per heavy atom. The molecule has 0 aliphatic heterocycles. The molecule has 38 heavy (non-hydrogen) atoms. The molecule has 6 N–H and O–H groups in total. The molecule has 0 fully saturated rings. The van der Waals surface area contributed by atoms with Crippen molar-refractivity contribution in [1.82, 2.24) is 9.80 Å². The number of aliphatic carboxylic acids is 4. The number of aromatic hydroxyl groups is 2. The van der Waals surface area contributed by atoms with E-state index in [0.29, 0.717) is 0 Å². The highest BCUT2D eigenvalue weighted by molar-refractivity contribution is 5.97. The third-order valence-electron chi connectivity index (χ3n) is 5.03. The van der Waals surface area contributed by atoms with Crippen molar-refractivity contribution in [2.45, 2.75) is 20.0 Å². The number of rotatable bonds is 14. The summed E-state index contributed by atoms with van der Waals surface area (Å²) >= 11 is 0. The molecule has 0 aliphatic rings. The Morgan fingerprint density at radius 1 is 0.789 bits per heavy atom. The van der Waals surface area contributed by atoms with E-state index in [1.54, 1.807) is 0 Å². The number of benzene rings is 1. The minimum atomic E-state index is -1.44. The molecule has 0 amide bonds. The van der Waals surface area contributed by atoms with Crippen molar-refractivity contribution in [3.05, 3.63) is 33.2 Å². The van der Waals surface area contributed by atoms with Crippen LogP contribution >= 0.6 is 0 Å². The summed E-state index contributed by atoms with van der Waals surface area (Å²) in [4.78, 5) is 71.3. The lowest BCUT2D eigenvalue weighted by Gasteiger charge is -2.24. The van der Waals surface area contributed by atoms with Crippen molar-refractivity contribution in [2.24, 2.45) is 0 Å². The van der Waals surface area contributed by atoms with Gasteiger partial charge in [-0.3, -0.25) is 29.0 Å². The SMILES string of the molecule is CCOC(=O)c1cc2c(O)c(CN(CC(=O)O)CC(=O)O)c(O)c(CN(CC(=O)O)CC(=O)O)c2oc1=O. The number of nitrogens with zero attached hydrogens (tertiary/aromatic N) is 2. The third-order valence-corrected chi connectivity index (χ3v) is 5.03. The van der Waals surface area contributed by atoms with E-state index in [2.05, 4.69) is 0 Å². The van der Waals surface area contributed by atoms with Crippen molar-refractivity contribution in [2.75, 3.05) is 32.8 Å². The van der Waals surface area contributed by atoms with Crippen LogP contribution in [0.25, 0.3) is 11.0 Å². The molecular formula is C22H24N2O14. The van der Waals surface area contributed by atoms with Crippen LogP contribution in [0.4, 0.5) is 0 Å². The van der Waals surface area contributed by atoms with E-state index in [0.717, 1.165) is 15.9 Å². The van der Waals surface area contributed by atoms with E-state index in [4.69, 9.17) is 29.6 Å². The molecule has 1 aromatic heterocycles. The summed E-state index contributed by atoms with van der Waals surface area (Å²) in [5.41, 5.74) is -3.26. The lowest BCUT2D eigenvalue weighted by atomic mass is 10.00. The van der Waals surface area contributed by atoms with Crippen LogP contribution in [0.5, 0.6) is 11.5 Å². The van der Waals surface area contributed by atoms with Crippen molar-refractivity contribution in [1.29, 1.82) is 0 Å². The van der Waals surface area contributed by atoms with Gasteiger partial charge in [0.15, 0.2) is 0 Å². The Kier molecular flexibility index (Phi) is 9.72. The second-order valence-electron chi connectivity index (χ2n) is 7.93. The minimum absolute atomic E-state index is 0.118. The van der Waals surface area contributed by atoms with Gasteiger partial charge in [0.25, 0.3) is 0 Å². The number of carboxylic acids is 4. The molecule has 206 valence electrons. The molecule has 1 aromatic carbocycles. The Bertz CT molecular complexity index is 1300. The van der Waals surface area contributed by atoms with E-state index < -0.39 is 103 Å². The van der Waals surface area contributed by atoms with Gasteiger partial charge in [-0.25, -0.2) is 9.59 Å². The maximum absolute atomic E-state index is 12.5. The molecule has 16 heteroatoms. The van der Waals surface area contributed by atoms with Crippen LogP contribution in [0.15, 0.2) is 15.3 Å². The summed E-state index contributed by atoms with van der Waals surface area (Å²) in [6, 6.07) is 0.873. The van der Waals surface area contributed by atoms with Gasteiger partial charge in [-0.2, -0.15) is 0 Å². The van der Waals surface area contributed by atoms with Crippen LogP contribution in [0.2, 0.25) is 0 Å². The Balaban J connectivity index is 2.84. The quantitative estimate of drug-likeness (QED) is 0.128. The van der Waals surface area contributed by atoms with Crippen molar-refractivity contribution < 1.29 is 63.8 Å². The molecule has 0 saturated heterocycles. The van der Waals surface area contributed by atoms with Gasteiger partial charge in [0, 0.05) is 13.1 Å². The maximum atomic E-state index is 12.5. The number of phenols is 2. The Morgan fingerprint density at radius 2 is 1.24 bits per heavy atom. The molecule has 0 atom stereocenters. The summed E-state index contributed by atoms with van der Waals surface area (Å²) in [6.45, 7) is -3.32. The molecule has 0 bridgehead atoms. The summed E-state index contributed by atoms with van der Waals surface area (Å²) in [7, 11) is 0. The van der Waals surface area contributed by atoms with E-state index in [-0.39, 0.29) is 17.6 Å². The normalized spacial score (nSPS) is 11.1. The molecule has 0 spiro atoms. The second-order valence-corrected chi connectivity index (χ2v) is 7.93. The van der Waals surface area contributed by atoms with Crippen LogP contribution in [0, 0.1) is 0 Å². The molecule has 16 nitrogen and oxygen atoms in total. The van der Waals surface area contributed by atoms with E-state index in [1.165, 1.54) is 6.92 Å². The van der Waals surface area contributed by atoms with E-state index in [9.17, 15) is 39.0 Å². The topological polar surface area (TPSA) is 253 Å². The fourth-order valence-corrected chi connectivity index (χ4v) is 3.63.